The van der Waals surface area contributed by atoms with Crippen LogP contribution in [0, 0.1) is 11.8 Å². The molecule has 0 aromatic rings. The van der Waals surface area contributed by atoms with Gasteiger partial charge in [-0.1, -0.05) is 41.5 Å². The first-order chi connectivity index (χ1) is 8.11. The molecule has 18 heavy (non-hydrogen) atoms. The third kappa shape index (κ3) is 12.9. The summed E-state index contributed by atoms with van der Waals surface area (Å²) >= 11 is 0. The minimum Gasteiger partial charge on any atom is -0.480 e. The molecule has 0 fully saturated rings. The molecular weight excluding hydrogens is 236 g/mol. The second kappa shape index (κ2) is 12.3. The van der Waals surface area contributed by atoms with Crippen molar-refractivity contribution < 1.29 is 19.8 Å². The highest BCUT2D eigenvalue weighted by molar-refractivity contribution is 5.73. The average molecular weight is 264 g/mol. The minimum atomic E-state index is -0.931. The number of hydrogen-bond acceptors (Lipinski definition) is 4. The molecule has 6 heteroatoms. The first-order valence-corrected chi connectivity index (χ1v) is 6.08. The van der Waals surface area contributed by atoms with Gasteiger partial charge >= 0.3 is 11.9 Å². The van der Waals surface area contributed by atoms with E-state index >= 15 is 0 Å². The number of carboxylic acids is 2. The van der Waals surface area contributed by atoms with E-state index in [1.54, 1.807) is 27.7 Å². The van der Waals surface area contributed by atoms with Crippen molar-refractivity contribution in [3.63, 3.8) is 0 Å². The molecule has 110 valence electrons. The van der Waals surface area contributed by atoms with Gasteiger partial charge in [0.2, 0.25) is 0 Å². The summed E-state index contributed by atoms with van der Waals surface area (Å²) in [6.07, 6.45) is 0. The first-order valence-electron chi connectivity index (χ1n) is 6.08. The Bertz CT molecular complexity index is 206. The molecule has 0 unspecified atom stereocenters. The van der Waals surface area contributed by atoms with Gasteiger partial charge in [0.15, 0.2) is 0 Å². The number of aliphatic carboxylic acids is 2. The van der Waals surface area contributed by atoms with Gasteiger partial charge in [-0.25, -0.2) is 0 Å². The zero-order chi connectivity index (χ0) is 15.5. The fourth-order valence-corrected chi connectivity index (χ4v) is 0.570. The molecule has 0 saturated carbocycles. The molecule has 0 amide bonds. The molecule has 0 aliphatic rings. The molecule has 0 aromatic carbocycles. The topological polar surface area (TPSA) is 127 Å². The molecule has 0 bridgehead atoms. The van der Waals surface area contributed by atoms with Gasteiger partial charge in [0.25, 0.3) is 0 Å². The third-order valence-corrected chi connectivity index (χ3v) is 2.01. The molecule has 0 heterocycles. The highest BCUT2D eigenvalue weighted by Crippen LogP contribution is 1.96. The van der Waals surface area contributed by atoms with Crippen LogP contribution >= 0.6 is 0 Å². The second-order valence-corrected chi connectivity index (χ2v) is 4.22. The van der Waals surface area contributed by atoms with Crippen LogP contribution in [0.1, 0.15) is 41.5 Å². The predicted octanol–water partition coefficient (Wildman–Crippen LogP) is 1.13. The smallest absolute Gasteiger partial charge is 0.320 e. The zero-order valence-corrected chi connectivity index (χ0v) is 12.2. The van der Waals surface area contributed by atoms with Crippen LogP contribution in [0.2, 0.25) is 0 Å². The zero-order valence-electron chi connectivity index (χ0n) is 12.2. The fraction of sp³-hybridized carbons (Fsp3) is 0.833. The van der Waals surface area contributed by atoms with Crippen molar-refractivity contribution >= 4 is 11.9 Å². The van der Waals surface area contributed by atoms with Gasteiger partial charge in [0.1, 0.15) is 12.1 Å². The number of carbonyl (C=O) groups is 2. The van der Waals surface area contributed by atoms with Gasteiger partial charge < -0.3 is 21.7 Å². The van der Waals surface area contributed by atoms with E-state index < -0.39 is 24.0 Å². The SMILES string of the molecule is CC.CC(C)[C@H](N)C(=O)O.CC(C)[C@H](N)C(=O)O. The van der Waals surface area contributed by atoms with Crippen molar-refractivity contribution in [2.45, 2.75) is 53.6 Å². The molecule has 0 rings (SSSR count). The van der Waals surface area contributed by atoms with Crippen molar-refractivity contribution in [2.24, 2.45) is 23.3 Å². The quantitative estimate of drug-likeness (QED) is 0.603. The van der Waals surface area contributed by atoms with Crippen LogP contribution in [0.5, 0.6) is 0 Å². The lowest BCUT2D eigenvalue weighted by molar-refractivity contribution is -0.140. The van der Waals surface area contributed by atoms with Crippen molar-refractivity contribution in [1.82, 2.24) is 0 Å². The Balaban J connectivity index is -0.000000219. The van der Waals surface area contributed by atoms with Crippen LogP contribution in [-0.4, -0.2) is 34.2 Å². The summed E-state index contributed by atoms with van der Waals surface area (Å²) in [7, 11) is 0. The summed E-state index contributed by atoms with van der Waals surface area (Å²) in [5.74, 6) is -1.82. The van der Waals surface area contributed by atoms with E-state index in [2.05, 4.69) is 0 Å². The summed E-state index contributed by atoms with van der Waals surface area (Å²) in [5, 5.41) is 16.5. The van der Waals surface area contributed by atoms with Gasteiger partial charge in [0, 0.05) is 0 Å². The Labute approximate surface area is 109 Å². The number of hydrogen-bond donors (Lipinski definition) is 4. The lowest BCUT2D eigenvalue weighted by Gasteiger charge is -2.07. The molecule has 0 aliphatic carbocycles. The predicted molar refractivity (Wildman–Crippen MR) is 72.2 cm³/mol. The highest BCUT2D eigenvalue weighted by Gasteiger charge is 2.14. The first kappa shape index (κ1) is 22.1. The van der Waals surface area contributed by atoms with Crippen LogP contribution < -0.4 is 11.5 Å². The molecule has 0 aliphatic heterocycles. The van der Waals surface area contributed by atoms with Crippen LogP contribution in [0.25, 0.3) is 0 Å². The van der Waals surface area contributed by atoms with Gasteiger partial charge in [-0.3, -0.25) is 9.59 Å². The molecule has 2 atom stereocenters. The summed E-state index contributed by atoms with van der Waals surface area (Å²) < 4.78 is 0. The third-order valence-electron chi connectivity index (χ3n) is 2.01. The Morgan fingerprint density at radius 2 is 0.944 bits per heavy atom. The van der Waals surface area contributed by atoms with Crippen LogP contribution in [0.15, 0.2) is 0 Å². The van der Waals surface area contributed by atoms with Crippen LogP contribution in [0.4, 0.5) is 0 Å². The van der Waals surface area contributed by atoms with Crippen LogP contribution in [-0.2, 0) is 9.59 Å². The van der Waals surface area contributed by atoms with E-state index in [4.69, 9.17) is 21.7 Å². The molecule has 0 aromatic heterocycles. The van der Waals surface area contributed by atoms with E-state index in [-0.39, 0.29) is 11.8 Å². The maximum atomic E-state index is 10.0. The fourth-order valence-electron chi connectivity index (χ4n) is 0.570. The molecule has 6 N–H and O–H groups in total. The standard InChI is InChI=1S/2C5H11NO2.C2H6/c2*1-3(2)4(6)5(7)8;1-2/h2*3-4H,6H2,1-2H3,(H,7,8);1-2H3/t2*4-;/m00./s1. The van der Waals surface area contributed by atoms with E-state index in [1.165, 1.54) is 0 Å². The van der Waals surface area contributed by atoms with E-state index in [9.17, 15) is 9.59 Å². The Morgan fingerprint density at radius 1 is 0.778 bits per heavy atom. The van der Waals surface area contributed by atoms with Gasteiger partial charge in [-0.2, -0.15) is 0 Å². The summed E-state index contributed by atoms with van der Waals surface area (Å²) in [6, 6.07) is -1.43. The molecule has 0 spiro atoms. The van der Waals surface area contributed by atoms with E-state index in [0.717, 1.165) is 0 Å². The summed E-state index contributed by atoms with van der Waals surface area (Å²) in [4.78, 5) is 20.0. The van der Waals surface area contributed by atoms with Crippen LogP contribution in [0.3, 0.4) is 0 Å². The number of rotatable bonds is 4. The molecular formula is C12H28N2O4. The minimum absolute atomic E-state index is 0.0208. The normalized spacial score (nSPS) is 12.8. The maximum absolute atomic E-state index is 10.0. The molecule has 0 radical (unpaired) electrons. The Hall–Kier alpha value is -1.14. The largest absolute Gasteiger partial charge is 0.480 e. The van der Waals surface area contributed by atoms with Crippen molar-refractivity contribution in [2.75, 3.05) is 0 Å². The highest BCUT2D eigenvalue weighted by atomic mass is 16.4. The lowest BCUT2D eigenvalue weighted by atomic mass is 10.1. The molecule has 0 saturated heterocycles. The van der Waals surface area contributed by atoms with Gasteiger partial charge in [-0.05, 0) is 11.8 Å². The maximum Gasteiger partial charge on any atom is 0.320 e. The van der Waals surface area contributed by atoms with Crippen molar-refractivity contribution in [3.05, 3.63) is 0 Å². The van der Waals surface area contributed by atoms with E-state index in [1.807, 2.05) is 13.8 Å². The van der Waals surface area contributed by atoms with Crippen molar-refractivity contribution in [3.8, 4) is 0 Å². The van der Waals surface area contributed by atoms with Gasteiger partial charge in [0.05, 0.1) is 0 Å². The number of carboxylic acid groups (broad SMARTS) is 2. The Morgan fingerprint density at radius 3 is 0.944 bits per heavy atom. The Kier molecular flexibility index (Phi) is 15.1. The summed E-state index contributed by atoms with van der Waals surface area (Å²) in [5.41, 5.74) is 10.3. The van der Waals surface area contributed by atoms with Crippen molar-refractivity contribution in [1.29, 1.82) is 0 Å². The van der Waals surface area contributed by atoms with E-state index in [0.29, 0.717) is 0 Å². The monoisotopic (exact) mass is 264 g/mol. The molecule has 6 nitrogen and oxygen atoms in total. The van der Waals surface area contributed by atoms with Gasteiger partial charge in [-0.15, -0.1) is 0 Å². The average Bonchev–Trinajstić information content (AvgIpc) is 2.29. The lowest BCUT2D eigenvalue weighted by Crippen LogP contribution is -2.34. The second-order valence-electron chi connectivity index (χ2n) is 4.22. The summed E-state index contributed by atoms with van der Waals surface area (Å²) in [6.45, 7) is 11.1. The number of nitrogens with two attached hydrogens (primary N) is 2.